The maximum absolute atomic E-state index is 12.1. The highest BCUT2D eigenvalue weighted by molar-refractivity contribution is 5.87. The summed E-state index contributed by atoms with van der Waals surface area (Å²) in [6, 6.07) is -0.698. The van der Waals surface area contributed by atoms with E-state index in [2.05, 4.69) is 5.32 Å². The molecule has 1 amide bonds. The summed E-state index contributed by atoms with van der Waals surface area (Å²) in [7, 11) is 0. The number of carbonyl (C=O) groups is 2. The predicted octanol–water partition coefficient (Wildman–Crippen LogP) is 2.33. The predicted molar refractivity (Wildman–Crippen MR) is 68.1 cm³/mol. The van der Waals surface area contributed by atoms with Crippen molar-refractivity contribution >= 4 is 11.9 Å². The molecule has 2 aliphatic rings. The van der Waals surface area contributed by atoms with E-state index in [1.165, 1.54) is 12.8 Å². The van der Waals surface area contributed by atoms with Crippen molar-refractivity contribution in [2.45, 2.75) is 64.3 Å². The molecule has 0 aliphatic heterocycles. The minimum absolute atomic E-state index is 0.0274. The maximum Gasteiger partial charge on any atom is 0.326 e. The van der Waals surface area contributed by atoms with Gasteiger partial charge in [0.15, 0.2) is 0 Å². The second-order valence-corrected chi connectivity index (χ2v) is 5.87. The molecule has 2 N–H and O–H groups in total. The Morgan fingerprint density at radius 2 is 2.06 bits per heavy atom. The lowest BCUT2D eigenvalue weighted by Gasteiger charge is -2.15. The second-order valence-electron chi connectivity index (χ2n) is 5.87. The molecule has 2 saturated carbocycles. The molecule has 4 nitrogen and oxygen atoms in total. The highest BCUT2D eigenvalue weighted by atomic mass is 16.4. The molecule has 0 aromatic rings. The summed E-state index contributed by atoms with van der Waals surface area (Å²) < 4.78 is 0. The minimum atomic E-state index is -0.905. The number of amides is 1. The first-order valence-corrected chi connectivity index (χ1v) is 7.12. The van der Waals surface area contributed by atoms with Gasteiger partial charge in [-0.1, -0.05) is 32.6 Å². The Balaban J connectivity index is 1.84. The van der Waals surface area contributed by atoms with Gasteiger partial charge in [0.25, 0.3) is 0 Å². The SMILES string of the molecule is CCCC[C@H](NC(=O)C1CC12CCCC2)C(=O)O. The summed E-state index contributed by atoms with van der Waals surface area (Å²) in [6.07, 6.45) is 8.05. The zero-order chi connectivity index (χ0) is 13.2. The average Bonchev–Trinajstić information content (AvgIpc) is 2.82. The molecule has 2 fully saturated rings. The number of carboxylic acid groups (broad SMARTS) is 1. The van der Waals surface area contributed by atoms with Crippen LogP contribution >= 0.6 is 0 Å². The van der Waals surface area contributed by atoms with E-state index >= 15 is 0 Å². The van der Waals surface area contributed by atoms with Crippen LogP contribution in [0.4, 0.5) is 0 Å². The van der Waals surface area contributed by atoms with E-state index < -0.39 is 12.0 Å². The van der Waals surface area contributed by atoms with Gasteiger partial charge in [-0.25, -0.2) is 4.79 Å². The molecule has 0 radical (unpaired) electrons. The zero-order valence-corrected chi connectivity index (χ0v) is 11.1. The summed E-state index contributed by atoms with van der Waals surface area (Å²) in [5.74, 6) is -0.846. The van der Waals surface area contributed by atoms with Crippen molar-refractivity contribution in [1.82, 2.24) is 5.32 Å². The van der Waals surface area contributed by atoms with Crippen LogP contribution in [0.2, 0.25) is 0 Å². The van der Waals surface area contributed by atoms with Crippen LogP contribution in [0.25, 0.3) is 0 Å². The number of aliphatic carboxylic acids is 1. The molecule has 2 atom stereocenters. The van der Waals surface area contributed by atoms with Gasteiger partial charge < -0.3 is 10.4 Å². The Kier molecular flexibility index (Phi) is 3.93. The van der Waals surface area contributed by atoms with E-state index in [1.807, 2.05) is 6.92 Å². The first kappa shape index (κ1) is 13.4. The van der Waals surface area contributed by atoms with Gasteiger partial charge in [-0.05, 0) is 31.1 Å². The first-order valence-electron chi connectivity index (χ1n) is 7.12. The molecule has 0 aromatic carbocycles. The van der Waals surface area contributed by atoms with E-state index in [1.54, 1.807) is 0 Å². The molecule has 0 saturated heterocycles. The summed E-state index contributed by atoms with van der Waals surface area (Å²) in [5, 5.41) is 11.8. The third-order valence-corrected chi connectivity index (χ3v) is 4.57. The molecule has 1 spiro atoms. The van der Waals surface area contributed by atoms with Crippen LogP contribution in [-0.4, -0.2) is 23.0 Å². The highest BCUT2D eigenvalue weighted by Gasteiger charge is 2.58. The van der Waals surface area contributed by atoms with E-state index in [-0.39, 0.29) is 17.2 Å². The lowest BCUT2D eigenvalue weighted by atomic mass is 10.0. The molecular weight excluding hydrogens is 230 g/mol. The normalized spacial score (nSPS) is 25.9. The van der Waals surface area contributed by atoms with Gasteiger partial charge in [0.1, 0.15) is 6.04 Å². The molecule has 2 rings (SSSR count). The smallest absolute Gasteiger partial charge is 0.326 e. The van der Waals surface area contributed by atoms with Gasteiger partial charge in [-0.15, -0.1) is 0 Å². The van der Waals surface area contributed by atoms with Gasteiger partial charge in [0.05, 0.1) is 0 Å². The molecule has 0 aromatic heterocycles. The highest BCUT2D eigenvalue weighted by Crippen LogP contribution is 2.62. The Hall–Kier alpha value is -1.06. The van der Waals surface area contributed by atoms with Crippen molar-refractivity contribution in [3.8, 4) is 0 Å². The Morgan fingerprint density at radius 1 is 1.39 bits per heavy atom. The van der Waals surface area contributed by atoms with E-state index in [0.717, 1.165) is 32.1 Å². The van der Waals surface area contributed by atoms with Crippen molar-refractivity contribution in [3.63, 3.8) is 0 Å². The molecule has 2 aliphatic carbocycles. The van der Waals surface area contributed by atoms with Crippen molar-refractivity contribution in [1.29, 1.82) is 0 Å². The van der Waals surface area contributed by atoms with Crippen LogP contribution in [0.1, 0.15) is 58.3 Å². The fraction of sp³-hybridized carbons (Fsp3) is 0.857. The molecule has 18 heavy (non-hydrogen) atoms. The van der Waals surface area contributed by atoms with Gasteiger partial charge >= 0.3 is 5.97 Å². The van der Waals surface area contributed by atoms with Crippen LogP contribution in [0.5, 0.6) is 0 Å². The number of hydrogen-bond acceptors (Lipinski definition) is 2. The summed E-state index contributed by atoms with van der Waals surface area (Å²) in [5.41, 5.74) is 0.248. The van der Waals surface area contributed by atoms with Gasteiger partial charge in [0.2, 0.25) is 5.91 Å². The largest absolute Gasteiger partial charge is 0.480 e. The van der Waals surface area contributed by atoms with Crippen LogP contribution in [0.3, 0.4) is 0 Å². The number of nitrogens with one attached hydrogen (secondary N) is 1. The summed E-state index contributed by atoms with van der Waals surface area (Å²) in [4.78, 5) is 23.2. The molecule has 102 valence electrons. The van der Waals surface area contributed by atoms with E-state index in [4.69, 9.17) is 5.11 Å². The molecule has 1 unspecified atom stereocenters. The topological polar surface area (TPSA) is 66.4 Å². The lowest BCUT2D eigenvalue weighted by Crippen LogP contribution is -2.42. The maximum atomic E-state index is 12.1. The zero-order valence-electron chi connectivity index (χ0n) is 11.1. The molecule has 0 heterocycles. The van der Waals surface area contributed by atoms with Crippen LogP contribution < -0.4 is 5.32 Å². The van der Waals surface area contributed by atoms with Crippen LogP contribution in [-0.2, 0) is 9.59 Å². The monoisotopic (exact) mass is 253 g/mol. The van der Waals surface area contributed by atoms with Crippen molar-refractivity contribution in [2.75, 3.05) is 0 Å². The number of rotatable bonds is 6. The van der Waals surface area contributed by atoms with Crippen LogP contribution in [0, 0.1) is 11.3 Å². The summed E-state index contributed by atoms with van der Waals surface area (Å²) >= 11 is 0. The van der Waals surface area contributed by atoms with Crippen molar-refractivity contribution in [2.24, 2.45) is 11.3 Å². The third-order valence-electron chi connectivity index (χ3n) is 4.57. The van der Waals surface area contributed by atoms with Gasteiger partial charge in [-0.2, -0.15) is 0 Å². The van der Waals surface area contributed by atoms with Gasteiger partial charge in [-0.3, -0.25) is 4.79 Å². The van der Waals surface area contributed by atoms with Crippen molar-refractivity contribution in [3.05, 3.63) is 0 Å². The van der Waals surface area contributed by atoms with Crippen molar-refractivity contribution < 1.29 is 14.7 Å². The van der Waals surface area contributed by atoms with E-state index in [0.29, 0.717) is 6.42 Å². The van der Waals surface area contributed by atoms with E-state index in [9.17, 15) is 9.59 Å². The van der Waals surface area contributed by atoms with Crippen LogP contribution in [0.15, 0.2) is 0 Å². The molecular formula is C14H23NO3. The molecule has 0 bridgehead atoms. The Morgan fingerprint density at radius 3 is 2.61 bits per heavy atom. The minimum Gasteiger partial charge on any atom is -0.480 e. The second kappa shape index (κ2) is 5.29. The van der Waals surface area contributed by atoms with Gasteiger partial charge in [0, 0.05) is 5.92 Å². The number of hydrogen-bond donors (Lipinski definition) is 2. The lowest BCUT2D eigenvalue weighted by molar-refractivity contribution is -0.142. The Bertz CT molecular complexity index is 334. The quantitative estimate of drug-likeness (QED) is 0.763. The standard InChI is InChI=1S/C14H23NO3/c1-2-3-6-11(13(17)18)15-12(16)10-9-14(10)7-4-5-8-14/h10-11H,2-9H2,1H3,(H,15,16)(H,17,18)/t10?,11-/m0/s1. The third kappa shape index (κ3) is 2.68. The summed E-state index contributed by atoms with van der Waals surface area (Å²) in [6.45, 7) is 2.02. The fourth-order valence-electron chi connectivity index (χ4n) is 3.29. The average molecular weight is 253 g/mol. The fourth-order valence-corrected chi connectivity index (χ4v) is 3.29. The number of unbranched alkanes of at least 4 members (excludes halogenated alkanes) is 1. The first-order chi connectivity index (χ1) is 8.59. The Labute approximate surface area is 108 Å². The molecule has 4 heteroatoms. The number of carbonyl (C=O) groups excluding carboxylic acids is 1. The number of carboxylic acids is 1.